The summed E-state index contributed by atoms with van der Waals surface area (Å²) in [6.45, 7) is 0. The number of aromatic nitrogens is 4. The van der Waals surface area contributed by atoms with Gasteiger partial charge in [-0.05, 0) is 23.4 Å². The molecule has 0 bridgehead atoms. The van der Waals surface area contributed by atoms with E-state index < -0.39 is 5.97 Å². The van der Waals surface area contributed by atoms with E-state index in [4.69, 9.17) is 10.8 Å². The maximum atomic E-state index is 10.9. The molecular formula is C14H11N5O2. The van der Waals surface area contributed by atoms with Crippen LogP contribution in [-0.4, -0.2) is 31.3 Å². The van der Waals surface area contributed by atoms with E-state index in [2.05, 4.69) is 15.4 Å². The van der Waals surface area contributed by atoms with E-state index in [9.17, 15) is 4.79 Å². The third kappa shape index (κ3) is 2.44. The molecule has 3 rings (SSSR count). The number of carbonyl (C=O) groups is 1. The van der Waals surface area contributed by atoms with Gasteiger partial charge in [0.05, 0.1) is 11.3 Å². The first-order valence-corrected chi connectivity index (χ1v) is 6.14. The molecule has 7 nitrogen and oxygen atoms in total. The minimum atomic E-state index is -1.04. The van der Waals surface area contributed by atoms with Crippen LogP contribution in [0.2, 0.25) is 0 Å². The standard InChI is InChI=1S/C14H11N5O2/c15-11-8-10(14(20)21)6-7-12(11)19-17-13(16-18-19)9-4-2-1-3-5-9/h1-8H,15H2,(H,20,21). The predicted octanol–water partition coefficient (Wildman–Crippen LogP) is 1.61. The Bertz CT molecular complexity index is 798. The largest absolute Gasteiger partial charge is 0.478 e. The Kier molecular flexibility index (Phi) is 3.07. The lowest BCUT2D eigenvalue weighted by molar-refractivity contribution is 0.0697. The zero-order chi connectivity index (χ0) is 14.8. The third-order valence-corrected chi connectivity index (χ3v) is 2.94. The quantitative estimate of drug-likeness (QED) is 0.706. The molecule has 0 aliphatic rings. The second-order valence-corrected chi connectivity index (χ2v) is 4.35. The van der Waals surface area contributed by atoms with Gasteiger partial charge in [0, 0.05) is 5.56 Å². The Balaban J connectivity index is 1.99. The number of hydrogen-bond donors (Lipinski definition) is 2. The molecular weight excluding hydrogens is 270 g/mol. The summed E-state index contributed by atoms with van der Waals surface area (Å²) < 4.78 is 0. The number of aromatic carboxylic acids is 1. The van der Waals surface area contributed by atoms with Crippen LogP contribution in [0.15, 0.2) is 48.5 Å². The van der Waals surface area contributed by atoms with Gasteiger partial charge in [0.15, 0.2) is 0 Å². The minimum absolute atomic E-state index is 0.111. The van der Waals surface area contributed by atoms with Crippen molar-refractivity contribution < 1.29 is 9.90 Å². The van der Waals surface area contributed by atoms with E-state index in [1.54, 1.807) is 6.07 Å². The number of anilines is 1. The summed E-state index contributed by atoms with van der Waals surface area (Å²) in [7, 11) is 0. The molecule has 1 aromatic heterocycles. The first-order valence-electron chi connectivity index (χ1n) is 6.14. The number of benzene rings is 2. The highest BCUT2D eigenvalue weighted by Crippen LogP contribution is 2.19. The van der Waals surface area contributed by atoms with Crippen LogP contribution < -0.4 is 5.73 Å². The number of hydrogen-bond acceptors (Lipinski definition) is 5. The number of rotatable bonds is 3. The van der Waals surface area contributed by atoms with Gasteiger partial charge in [-0.2, -0.15) is 0 Å². The highest BCUT2D eigenvalue weighted by Gasteiger charge is 2.11. The summed E-state index contributed by atoms with van der Waals surface area (Å²) in [5.74, 6) is -0.568. The highest BCUT2D eigenvalue weighted by molar-refractivity contribution is 5.89. The molecule has 21 heavy (non-hydrogen) atoms. The van der Waals surface area contributed by atoms with Crippen molar-refractivity contribution in [2.24, 2.45) is 0 Å². The smallest absolute Gasteiger partial charge is 0.335 e. The van der Waals surface area contributed by atoms with Crippen molar-refractivity contribution in [3.63, 3.8) is 0 Å². The maximum absolute atomic E-state index is 10.9. The van der Waals surface area contributed by atoms with Gasteiger partial charge in [0.2, 0.25) is 5.82 Å². The molecule has 3 N–H and O–H groups in total. The normalized spacial score (nSPS) is 10.5. The summed E-state index contributed by atoms with van der Waals surface area (Å²) in [6, 6.07) is 13.8. The predicted molar refractivity (Wildman–Crippen MR) is 76.0 cm³/mol. The summed E-state index contributed by atoms with van der Waals surface area (Å²) in [6.07, 6.45) is 0. The molecule has 0 atom stereocenters. The van der Waals surface area contributed by atoms with Crippen LogP contribution in [0.5, 0.6) is 0 Å². The second-order valence-electron chi connectivity index (χ2n) is 4.35. The molecule has 0 aliphatic heterocycles. The van der Waals surface area contributed by atoms with Crippen molar-refractivity contribution in [2.45, 2.75) is 0 Å². The van der Waals surface area contributed by atoms with Crippen LogP contribution in [0.4, 0.5) is 5.69 Å². The lowest BCUT2D eigenvalue weighted by atomic mass is 10.2. The number of carboxylic acids is 1. The van der Waals surface area contributed by atoms with Crippen LogP contribution >= 0.6 is 0 Å². The number of nitrogens with zero attached hydrogens (tertiary/aromatic N) is 4. The Morgan fingerprint density at radius 2 is 1.90 bits per heavy atom. The zero-order valence-electron chi connectivity index (χ0n) is 10.8. The molecule has 0 saturated carbocycles. The molecule has 3 aromatic rings. The average Bonchev–Trinajstić information content (AvgIpc) is 2.97. The number of nitrogen functional groups attached to an aromatic ring is 1. The monoisotopic (exact) mass is 281 g/mol. The Morgan fingerprint density at radius 3 is 2.57 bits per heavy atom. The molecule has 104 valence electrons. The molecule has 0 radical (unpaired) electrons. The van der Waals surface area contributed by atoms with E-state index in [1.807, 2.05) is 30.3 Å². The average molecular weight is 281 g/mol. The van der Waals surface area contributed by atoms with Crippen molar-refractivity contribution in [3.8, 4) is 17.1 Å². The molecule has 7 heteroatoms. The van der Waals surface area contributed by atoms with Crippen LogP contribution in [0.1, 0.15) is 10.4 Å². The van der Waals surface area contributed by atoms with E-state index in [0.29, 0.717) is 11.5 Å². The van der Waals surface area contributed by atoms with Crippen molar-refractivity contribution >= 4 is 11.7 Å². The minimum Gasteiger partial charge on any atom is -0.478 e. The molecule has 0 fully saturated rings. The lowest BCUT2D eigenvalue weighted by Crippen LogP contribution is -2.06. The van der Waals surface area contributed by atoms with Gasteiger partial charge in [-0.3, -0.25) is 0 Å². The first kappa shape index (κ1) is 12.8. The van der Waals surface area contributed by atoms with Crippen molar-refractivity contribution in [3.05, 3.63) is 54.1 Å². The number of tetrazole rings is 1. The number of nitrogens with two attached hydrogens (primary N) is 1. The topological polar surface area (TPSA) is 107 Å². The molecule has 0 unspecified atom stereocenters. The van der Waals surface area contributed by atoms with E-state index in [-0.39, 0.29) is 11.3 Å². The lowest BCUT2D eigenvalue weighted by Gasteiger charge is -2.04. The summed E-state index contributed by atoms with van der Waals surface area (Å²) in [5, 5.41) is 21.1. The SMILES string of the molecule is Nc1cc(C(=O)O)ccc1-n1nnc(-c2ccccc2)n1. The maximum Gasteiger partial charge on any atom is 0.335 e. The van der Waals surface area contributed by atoms with Crippen molar-refractivity contribution in [2.75, 3.05) is 5.73 Å². The van der Waals surface area contributed by atoms with Crippen LogP contribution in [0.3, 0.4) is 0 Å². The van der Waals surface area contributed by atoms with Gasteiger partial charge < -0.3 is 10.8 Å². The summed E-state index contributed by atoms with van der Waals surface area (Å²) in [4.78, 5) is 12.2. The van der Waals surface area contributed by atoms with E-state index >= 15 is 0 Å². The molecule has 0 aliphatic carbocycles. The Hall–Kier alpha value is -3.22. The molecule has 0 saturated heterocycles. The molecule has 0 amide bonds. The fourth-order valence-electron chi connectivity index (χ4n) is 1.89. The van der Waals surface area contributed by atoms with Gasteiger partial charge in [-0.25, -0.2) is 4.79 Å². The third-order valence-electron chi connectivity index (χ3n) is 2.94. The molecule has 0 spiro atoms. The fraction of sp³-hybridized carbons (Fsp3) is 0. The van der Waals surface area contributed by atoms with E-state index in [1.165, 1.54) is 16.9 Å². The second kappa shape index (κ2) is 5.04. The van der Waals surface area contributed by atoms with Gasteiger partial charge in [-0.15, -0.1) is 15.0 Å². The van der Waals surface area contributed by atoms with Gasteiger partial charge in [0.25, 0.3) is 0 Å². The first-order chi connectivity index (χ1) is 10.1. The van der Waals surface area contributed by atoms with Crippen molar-refractivity contribution in [1.82, 2.24) is 20.2 Å². The fourth-order valence-corrected chi connectivity index (χ4v) is 1.89. The van der Waals surface area contributed by atoms with Gasteiger partial charge in [0.1, 0.15) is 5.69 Å². The van der Waals surface area contributed by atoms with Gasteiger partial charge in [-0.1, -0.05) is 30.3 Å². The summed E-state index contributed by atoms with van der Waals surface area (Å²) in [5.41, 5.74) is 7.55. The van der Waals surface area contributed by atoms with E-state index in [0.717, 1.165) is 5.56 Å². The highest BCUT2D eigenvalue weighted by atomic mass is 16.4. The number of carboxylic acid groups (broad SMARTS) is 1. The van der Waals surface area contributed by atoms with Crippen molar-refractivity contribution in [1.29, 1.82) is 0 Å². The van der Waals surface area contributed by atoms with Crippen LogP contribution in [-0.2, 0) is 0 Å². The van der Waals surface area contributed by atoms with Gasteiger partial charge >= 0.3 is 5.97 Å². The van der Waals surface area contributed by atoms with Crippen LogP contribution in [0.25, 0.3) is 17.1 Å². The summed E-state index contributed by atoms with van der Waals surface area (Å²) >= 11 is 0. The Labute approximate surface area is 119 Å². The molecule has 1 heterocycles. The van der Waals surface area contributed by atoms with Crippen LogP contribution in [0, 0.1) is 0 Å². The molecule has 2 aromatic carbocycles. The zero-order valence-corrected chi connectivity index (χ0v) is 10.8. The Morgan fingerprint density at radius 1 is 1.14 bits per heavy atom.